The minimum Gasteiger partial charge on any atom is -0.418 e. The van der Waals surface area contributed by atoms with Gasteiger partial charge in [-0.15, -0.1) is 4.99 Å². The molecule has 0 saturated heterocycles. The molecule has 0 spiro atoms. The van der Waals surface area contributed by atoms with Crippen molar-refractivity contribution < 1.29 is 14.3 Å². The van der Waals surface area contributed by atoms with E-state index in [0.29, 0.717) is 24.7 Å². The Bertz CT molecular complexity index is 1110. The predicted molar refractivity (Wildman–Crippen MR) is 116 cm³/mol. The van der Waals surface area contributed by atoms with Crippen LogP contribution in [0, 0.1) is 0 Å². The quantitative estimate of drug-likeness (QED) is 0.794. The first-order valence-electron chi connectivity index (χ1n) is 10.2. The van der Waals surface area contributed by atoms with Crippen LogP contribution in [0.25, 0.3) is 0 Å². The van der Waals surface area contributed by atoms with Crippen molar-refractivity contribution in [3.63, 3.8) is 0 Å². The van der Waals surface area contributed by atoms with E-state index in [0.717, 1.165) is 24.0 Å². The summed E-state index contributed by atoms with van der Waals surface area (Å²) in [5, 5.41) is 3.66. The zero-order chi connectivity index (χ0) is 21.4. The number of benzene rings is 2. The molecular formula is C23H21ClN4O3. The number of amidine groups is 1. The topological polar surface area (TPSA) is 74.2 Å². The lowest BCUT2D eigenvalue weighted by atomic mass is 10.1. The molecule has 3 aliphatic rings. The molecular weight excluding hydrogens is 416 g/mol. The number of urea groups is 1. The molecule has 8 heteroatoms. The monoisotopic (exact) mass is 436 g/mol. The smallest absolute Gasteiger partial charge is 0.348 e. The van der Waals surface area contributed by atoms with Gasteiger partial charge in [-0.05, 0) is 41.7 Å². The molecule has 7 nitrogen and oxygen atoms in total. The number of hydrogen-bond acceptors (Lipinski definition) is 4. The summed E-state index contributed by atoms with van der Waals surface area (Å²) >= 11 is 6.04. The third-order valence-electron chi connectivity index (χ3n) is 5.72. The SMILES string of the molecule is O=C(NC1CCc2ccccc21)C1=CN2CCN(Cc3cccc(Cl)c3)C(=O)N=C2O1. The molecule has 0 saturated carbocycles. The Hall–Kier alpha value is -3.32. The number of amides is 3. The molecule has 158 valence electrons. The Morgan fingerprint density at radius 3 is 2.94 bits per heavy atom. The van der Waals surface area contributed by atoms with Crippen LogP contribution < -0.4 is 5.32 Å². The van der Waals surface area contributed by atoms with Crippen molar-refractivity contribution in [1.82, 2.24) is 15.1 Å². The van der Waals surface area contributed by atoms with Crippen molar-refractivity contribution in [2.24, 2.45) is 4.99 Å². The zero-order valence-electron chi connectivity index (χ0n) is 16.8. The lowest BCUT2D eigenvalue weighted by Gasteiger charge is -2.19. The molecule has 2 aliphatic heterocycles. The Morgan fingerprint density at radius 1 is 1.19 bits per heavy atom. The highest BCUT2D eigenvalue weighted by atomic mass is 35.5. The van der Waals surface area contributed by atoms with Crippen molar-refractivity contribution in [2.45, 2.75) is 25.4 Å². The van der Waals surface area contributed by atoms with Gasteiger partial charge in [0.1, 0.15) is 0 Å². The number of fused-ring (bicyclic) bond motifs is 2. The molecule has 1 aliphatic carbocycles. The second kappa shape index (κ2) is 8.07. The van der Waals surface area contributed by atoms with Crippen LogP contribution in [0.2, 0.25) is 5.02 Å². The number of nitrogens with one attached hydrogen (secondary N) is 1. The summed E-state index contributed by atoms with van der Waals surface area (Å²) < 4.78 is 5.65. The molecule has 0 aromatic heterocycles. The van der Waals surface area contributed by atoms with Gasteiger partial charge >= 0.3 is 12.1 Å². The maximum absolute atomic E-state index is 12.8. The van der Waals surface area contributed by atoms with E-state index in [9.17, 15) is 9.59 Å². The van der Waals surface area contributed by atoms with E-state index in [1.54, 1.807) is 22.1 Å². The molecule has 2 aromatic carbocycles. The number of aliphatic imine (C=N–C) groups is 1. The Labute approximate surface area is 185 Å². The van der Waals surface area contributed by atoms with Gasteiger partial charge in [0.2, 0.25) is 5.76 Å². The lowest BCUT2D eigenvalue weighted by Crippen LogP contribution is -2.32. The largest absolute Gasteiger partial charge is 0.418 e. The number of nitrogens with zero attached hydrogens (tertiary/aromatic N) is 3. The van der Waals surface area contributed by atoms with E-state index >= 15 is 0 Å². The molecule has 1 unspecified atom stereocenters. The van der Waals surface area contributed by atoms with Crippen molar-refractivity contribution in [3.8, 4) is 0 Å². The van der Waals surface area contributed by atoms with Crippen LogP contribution in [0.1, 0.15) is 29.2 Å². The van der Waals surface area contributed by atoms with Gasteiger partial charge in [-0.25, -0.2) is 4.79 Å². The number of carbonyl (C=O) groups is 2. The number of rotatable bonds is 4. The molecule has 0 radical (unpaired) electrons. The normalized spacial score (nSPS) is 19.8. The fraction of sp³-hybridized carbons (Fsp3) is 0.261. The molecule has 2 heterocycles. The fourth-order valence-electron chi connectivity index (χ4n) is 4.15. The van der Waals surface area contributed by atoms with Crippen LogP contribution >= 0.6 is 11.6 Å². The van der Waals surface area contributed by atoms with Crippen LogP contribution in [0.15, 0.2) is 65.5 Å². The first kappa shape index (κ1) is 19.6. The van der Waals surface area contributed by atoms with E-state index in [-0.39, 0.29) is 23.7 Å². The Balaban J connectivity index is 1.24. The van der Waals surface area contributed by atoms with Crippen LogP contribution in [0.5, 0.6) is 0 Å². The third-order valence-corrected chi connectivity index (χ3v) is 5.95. The number of ether oxygens (including phenoxy) is 1. The highest BCUT2D eigenvalue weighted by molar-refractivity contribution is 6.30. The van der Waals surface area contributed by atoms with Crippen LogP contribution in [-0.2, 0) is 22.5 Å². The molecule has 3 amide bonds. The Kier molecular flexibility index (Phi) is 5.11. The average Bonchev–Trinajstić information content (AvgIpc) is 3.32. The first-order chi connectivity index (χ1) is 15.1. The highest BCUT2D eigenvalue weighted by Crippen LogP contribution is 2.31. The van der Waals surface area contributed by atoms with Gasteiger partial charge in [0.15, 0.2) is 0 Å². The van der Waals surface area contributed by atoms with Crippen LogP contribution in [-0.4, -0.2) is 40.8 Å². The van der Waals surface area contributed by atoms with Gasteiger partial charge < -0.3 is 15.0 Å². The molecule has 1 atom stereocenters. The van der Waals surface area contributed by atoms with Crippen molar-refractivity contribution in [2.75, 3.05) is 13.1 Å². The maximum atomic E-state index is 12.8. The van der Waals surface area contributed by atoms with Gasteiger partial charge in [-0.3, -0.25) is 9.69 Å². The summed E-state index contributed by atoms with van der Waals surface area (Å²) in [5.74, 6) is -0.153. The van der Waals surface area contributed by atoms with E-state index in [1.165, 1.54) is 5.56 Å². The van der Waals surface area contributed by atoms with Gasteiger partial charge in [-0.2, -0.15) is 0 Å². The van der Waals surface area contributed by atoms with E-state index in [1.807, 2.05) is 36.4 Å². The summed E-state index contributed by atoms with van der Waals surface area (Å²) in [7, 11) is 0. The van der Waals surface area contributed by atoms with E-state index in [2.05, 4.69) is 16.4 Å². The number of halogens is 1. The third kappa shape index (κ3) is 4.01. The molecule has 31 heavy (non-hydrogen) atoms. The first-order valence-corrected chi connectivity index (χ1v) is 10.6. The Morgan fingerprint density at radius 2 is 2.06 bits per heavy atom. The second-order valence-electron chi connectivity index (χ2n) is 7.78. The van der Waals surface area contributed by atoms with Crippen molar-refractivity contribution in [1.29, 1.82) is 0 Å². The minimum atomic E-state index is -0.405. The molecule has 1 N–H and O–H groups in total. The van der Waals surface area contributed by atoms with Gasteiger partial charge in [0.25, 0.3) is 5.91 Å². The number of hydrogen-bond donors (Lipinski definition) is 1. The summed E-state index contributed by atoms with van der Waals surface area (Å²) in [5.41, 5.74) is 3.34. The lowest BCUT2D eigenvalue weighted by molar-refractivity contribution is -0.120. The fourth-order valence-corrected chi connectivity index (χ4v) is 4.36. The molecule has 0 bridgehead atoms. The van der Waals surface area contributed by atoms with Gasteiger partial charge in [0, 0.05) is 24.7 Å². The minimum absolute atomic E-state index is 0.0367. The molecule has 2 aromatic rings. The van der Waals surface area contributed by atoms with Crippen LogP contribution in [0.4, 0.5) is 4.79 Å². The zero-order valence-corrected chi connectivity index (χ0v) is 17.5. The van der Waals surface area contributed by atoms with Gasteiger partial charge in [0.05, 0.1) is 12.2 Å². The van der Waals surface area contributed by atoms with Crippen molar-refractivity contribution in [3.05, 3.63) is 82.2 Å². The van der Waals surface area contributed by atoms with Gasteiger partial charge in [-0.1, -0.05) is 48.0 Å². The highest BCUT2D eigenvalue weighted by Gasteiger charge is 2.33. The number of aryl methyl sites for hydroxylation is 1. The number of carbonyl (C=O) groups excluding carboxylic acids is 2. The molecule has 0 fully saturated rings. The van der Waals surface area contributed by atoms with Crippen LogP contribution in [0.3, 0.4) is 0 Å². The van der Waals surface area contributed by atoms with E-state index in [4.69, 9.17) is 16.3 Å². The van der Waals surface area contributed by atoms with E-state index < -0.39 is 6.03 Å². The second-order valence-corrected chi connectivity index (χ2v) is 8.22. The standard InChI is InChI=1S/C23H21ClN4O3/c24-17-6-3-4-15(12-17)13-27-10-11-28-14-20(31-23(28)26-22(27)30)21(29)25-19-9-8-16-5-1-2-7-18(16)19/h1-7,12,14,19H,8-11,13H2,(H,25,29). The summed E-state index contributed by atoms with van der Waals surface area (Å²) in [6.07, 6.45) is 3.42. The van der Waals surface area contributed by atoms with Crippen molar-refractivity contribution >= 4 is 29.6 Å². The predicted octanol–water partition coefficient (Wildman–Crippen LogP) is 3.61. The summed E-state index contributed by atoms with van der Waals surface area (Å²) in [6, 6.07) is 15.2. The average molecular weight is 437 g/mol. The summed E-state index contributed by atoms with van der Waals surface area (Å²) in [6.45, 7) is 1.33. The summed E-state index contributed by atoms with van der Waals surface area (Å²) in [4.78, 5) is 32.8. The molecule has 5 rings (SSSR count). The maximum Gasteiger partial charge on any atom is 0.348 e.